The number of rotatable bonds is 7. The lowest BCUT2D eigenvalue weighted by atomic mass is 10.1. The van der Waals surface area contributed by atoms with Gasteiger partial charge in [0, 0.05) is 43.1 Å². The number of hydrogen-bond donors (Lipinski definition) is 2. The van der Waals surface area contributed by atoms with Gasteiger partial charge in [-0.05, 0) is 58.6 Å². The fourth-order valence-electron chi connectivity index (χ4n) is 3.28. The van der Waals surface area contributed by atoms with Crippen molar-refractivity contribution in [3.63, 3.8) is 0 Å². The molecule has 1 fully saturated rings. The fraction of sp³-hybridized carbons (Fsp3) is 0.619. The zero-order valence-electron chi connectivity index (χ0n) is 17.9. The Hall–Kier alpha value is -2.12. The lowest BCUT2D eigenvalue weighted by Gasteiger charge is -2.35. The number of anilines is 2. The number of nitrogens with zero attached hydrogens (tertiary/aromatic N) is 3. The van der Waals surface area contributed by atoms with Crippen LogP contribution in [0.5, 0.6) is 0 Å². The summed E-state index contributed by atoms with van der Waals surface area (Å²) < 4.78 is 0. The van der Waals surface area contributed by atoms with E-state index in [4.69, 9.17) is 0 Å². The lowest BCUT2D eigenvalue weighted by Crippen LogP contribution is -2.46. The van der Waals surface area contributed by atoms with E-state index in [1.54, 1.807) is 11.9 Å². The second kappa shape index (κ2) is 9.89. The maximum absolute atomic E-state index is 12.2. The van der Waals surface area contributed by atoms with Crippen molar-refractivity contribution in [3.8, 4) is 0 Å². The number of piperazine rings is 1. The highest BCUT2D eigenvalue weighted by atomic mass is 16.2. The molecule has 2 amide bonds. The summed E-state index contributed by atoms with van der Waals surface area (Å²) in [7, 11) is 1.76. The van der Waals surface area contributed by atoms with Crippen molar-refractivity contribution in [2.45, 2.75) is 33.2 Å². The molecule has 0 saturated carbocycles. The summed E-state index contributed by atoms with van der Waals surface area (Å²) in [6.45, 7) is 13.7. The highest BCUT2D eigenvalue weighted by molar-refractivity contribution is 5.92. The molecule has 0 radical (unpaired) electrons. The van der Waals surface area contributed by atoms with Crippen molar-refractivity contribution >= 4 is 23.2 Å². The predicted octanol–water partition coefficient (Wildman–Crippen LogP) is 1.61. The third kappa shape index (κ3) is 7.48. The molecule has 7 heteroatoms. The van der Waals surface area contributed by atoms with Crippen molar-refractivity contribution in [2.24, 2.45) is 0 Å². The fourth-order valence-corrected chi connectivity index (χ4v) is 3.28. The maximum Gasteiger partial charge on any atom is 0.238 e. The van der Waals surface area contributed by atoms with Crippen LogP contribution in [0.15, 0.2) is 24.3 Å². The molecule has 2 N–H and O–H groups in total. The van der Waals surface area contributed by atoms with Crippen LogP contribution in [0.3, 0.4) is 0 Å². The second-order valence-electron chi connectivity index (χ2n) is 8.49. The molecule has 0 atom stereocenters. The van der Waals surface area contributed by atoms with E-state index >= 15 is 0 Å². The molecule has 0 aromatic heterocycles. The monoisotopic (exact) mass is 389 g/mol. The van der Waals surface area contributed by atoms with Crippen LogP contribution in [0, 0.1) is 0 Å². The van der Waals surface area contributed by atoms with Gasteiger partial charge in [-0.3, -0.25) is 14.5 Å². The van der Waals surface area contributed by atoms with Crippen molar-refractivity contribution in [1.82, 2.24) is 15.1 Å². The molecule has 28 heavy (non-hydrogen) atoms. The largest absolute Gasteiger partial charge is 0.369 e. The first-order chi connectivity index (χ1) is 13.2. The Morgan fingerprint density at radius 3 is 2.11 bits per heavy atom. The minimum Gasteiger partial charge on any atom is -0.369 e. The Kier molecular flexibility index (Phi) is 7.83. The van der Waals surface area contributed by atoms with Gasteiger partial charge in [-0.25, -0.2) is 0 Å². The Bertz CT molecular complexity index is 646. The van der Waals surface area contributed by atoms with Gasteiger partial charge in [-0.1, -0.05) is 6.92 Å². The standard InChI is InChI=1S/C21H35N5O2/c1-6-25-11-13-26(14-12-25)18-9-7-17(8-10-18)22-19(27)15-24(5)16-20(28)23-21(2,3)4/h7-10H,6,11-16H2,1-5H3,(H,22,27)(H,23,28). The van der Waals surface area contributed by atoms with Gasteiger partial charge < -0.3 is 20.4 Å². The molecule has 0 bridgehead atoms. The normalized spacial score (nSPS) is 15.6. The molecule has 0 spiro atoms. The number of hydrogen-bond acceptors (Lipinski definition) is 5. The van der Waals surface area contributed by atoms with Crippen molar-refractivity contribution in [2.75, 3.05) is 63.1 Å². The summed E-state index contributed by atoms with van der Waals surface area (Å²) in [4.78, 5) is 30.7. The van der Waals surface area contributed by atoms with Gasteiger partial charge in [-0.15, -0.1) is 0 Å². The molecule has 1 aromatic carbocycles. The van der Waals surface area contributed by atoms with E-state index in [1.165, 1.54) is 5.69 Å². The smallest absolute Gasteiger partial charge is 0.238 e. The molecule has 1 saturated heterocycles. The maximum atomic E-state index is 12.2. The highest BCUT2D eigenvalue weighted by Gasteiger charge is 2.17. The summed E-state index contributed by atoms with van der Waals surface area (Å²) in [5, 5.41) is 5.80. The summed E-state index contributed by atoms with van der Waals surface area (Å²) in [6, 6.07) is 7.98. The lowest BCUT2D eigenvalue weighted by molar-refractivity contribution is -0.124. The van der Waals surface area contributed by atoms with E-state index in [-0.39, 0.29) is 30.4 Å². The van der Waals surface area contributed by atoms with Crippen LogP contribution in [0.25, 0.3) is 0 Å². The third-order valence-electron chi connectivity index (χ3n) is 4.68. The molecule has 0 aliphatic carbocycles. The van der Waals surface area contributed by atoms with Gasteiger partial charge in [0.25, 0.3) is 0 Å². The Morgan fingerprint density at radius 2 is 1.57 bits per heavy atom. The first-order valence-corrected chi connectivity index (χ1v) is 10.0. The molecule has 2 rings (SSSR count). The van der Waals surface area contributed by atoms with Crippen molar-refractivity contribution < 1.29 is 9.59 Å². The third-order valence-corrected chi connectivity index (χ3v) is 4.68. The van der Waals surface area contributed by atoms with Gasteiger partial charge in [0.1, 0.15) is 0 Å². The first-order valence-electron chi connectivity index (χ1n) is 10.0. The minimum atomic E-state index is -0.273. The number of amides is 2. The zero-order valence-corrected chi connectivity index (χ0v) is 17.9. The molecule has 156 valence electrons. The number of likely N-dealkylation sites (N-methyl/N-ethyl adjacent to an activating group) is 2. The Balaban J connectivity index is 1.78. The van der Waals surface area contributed by atoms with E-state index in [0.717, 1.165) is 38.4 Å². The molecule has 1 aromatic rings. The molecular formula is C21H35N5O2. The summed E-state index contributed by atoms with van der Waals surface area (Å²) >= 11 is 0. The van der Waals surface area contributed by atoms with E-state index in [9.17, 15) is 9.59 Å². The summed E-state index contributed by atoms with van der Waals surface area (Å²) in [5.74, 6) is -0.217. The molecule has 1 aliphatic rings. The molecule has 7 nitrogen and oxygen atoms in total. The van der Waals surface area contributed by atoms with E-state index in [0.29, 0.717) is 0 Å². The SMILES string of the molecule is CCN1CCN(c2ccc(NC(=O)CN(C)CC(=O)NC(C)(C)C)cc2)CC1. The van der Waals surface area contributed by atoms with Crippen LogP contribution >= 0.6 is 0 Å². The van der Waals surface area contributed by atoms with Crippen LogP contribution in [0.4, 0.5) is 11.4 Å². The first kappa shape index (κ1) is 22.2. The molecule has 0 unspecified atom stereocenters. The molecular weight excluding hydrogens is 354 g/mol. The average molecular weight is 390 g/mol. The Labute approximate surface area is 169 Å². The van der Waals surface area contributed by atoms with Gasteiger partial charge in [-0.2, -0.15) is 0 Å². The number of nitrogens with one attached hydrogen (secondary N) is 2. The number of benzene rings is 1. The van der Waals surface area contributed by atoms with Gasteiger partial charge >= 0.3 is 0 Å². The van der Waals surface area contributed by atoms with E-state index < -0.39 is 0 Å². The molecule has 1 heterocycles. The zero-order chi connectivity index (χ0) is 20.7. The van der Waals surface area contributed by atoms with Crippen LogP contribution in [0.1, 0.15) is 27.7 Å². The molecule has 1 aliphatic heterocycles. The van der Waals surface area contributed by atoms with Crippen LogP contribution in [-0.4, -0.2) is 80.0 Å². The van der Waals surface area contributed by atoms with Gasteiger partial charge in [0.2, 0.25) is 11.8 Å². The summed E-state index contributed by atoms with van der Waals surface area (Å²) in [6.07, 6.45) is 0. The van der Waals surface area contributed by atoms with Crippen molar-refractivity contribution in [1.29, 1.82) is 0 Å². The van der Waals surface area contributed by atoms with Crippen LogP contribution in [0.2, 0.25) is 0 Å². The second-order valence-corrected chi connectivity index (χ2v) is 8.49. The minimum absolute atomic E-state index is 0.0877. The van der Waals surface area contributed by atoms with Gasteiger partial charge in [0.05, 0.1) is 13.1 Å². The Morgan fingerprint density at radius 1 is 1.00 bits per heavy atom. The van der Waals surface area contributed by atoms with Crippen LogP contribution in [-0.2, 0) is 9.59 Å². The summed E-state index contributed by atoms with van der Waals surface area (Å²) in [5.41, 5.74) is 1.68. The number of carbonyl (C=O) groups excluding carboxylic acids is 2. The van der Waals surface area contributed by atoms with Gasteiger partial charge in [0.15, 0.2) is 0 Å². The average Bonchev–Trinajstić information content (AvgIpc) is 2.60. The van der Waals surface area contributed by atoms with E-state index in [1.807, 2.05) is 32.9 Å². The van der Waals surface area contributed by atoms with E-state index in [2.05, 4.69) is 39.5 Å². The highest BCUT2D eigenvalue weighted by Crippen LogP contribution is 2.19. The predicted molar refractivity (Wildman–Crippen MR) is 115 cm³/mol. The van der Waals surface area contributed by atoms with Crippen molar-refractivity contribution in [3.05, 3.63) is 24.3 Å². The topological polar surface area (TPSA) is 67.9 Å². The van der Waals surface area contributed by atoms with Crippen LogP contribution < -0.4 is 15.5 Å². The number of carbonyl (C=O) groups is 2. The quantitative estimate of drug-likeness (QED) is 0.742.